The fraction of sp³-hybridized carbons (Fsp3) is 0.188. The topological polar surface area (TPSA) is 73.2 Å². The molecule has 0 fully saturated rings. The largest absolute Gasteiger partial charge is 0.384 e. The average Bonchev–Trinajstić information content (AvgIpc) is 2.97. The Balaban J connectivity index is 1.82. The van der Waals surface area contributed by atoms with Crippen molar-refractivity contribution in [1.29, 1.82) is 0 Å². The van der Waals surface area contributed by atoms with Crippen LogP contribution < -0.4 is 4.72 Å². The summed E-state index contributed by atoms with van der Waals surface area (Å²) in [6, 6.07) is 15.0. The van der Waals surface area contributed by atoms with Crippen LogP contribution in [0.5, 0.6) is 0 Å². The molecule has 0 aliphatic carbocycles. The SMILES string of the molecule is COCCS(=O)(=O)Nc1ccc(-n2ncc3ccccc32)cc1. The van der Waals surface area contributed by atoms with Crippen LogP contribution in [0.3, 0.4) is 0 Å². The van der Waals surface area contributed by atoms with E-state index in [1.54, 1.807) is 18.3 Å². The molecule has 23 heavy (non-hydrogen) atoms. The van der Waals surface area contributed by atoms with Gasteiger partial charge in [-0.05, 0) is 30.3 Å². The monoisotopic (exact) mass is 331 g/mol. The molecule has 0 aliphatic heterocycles. The van der Waals surface area contributed by atoms with Gasteiger partial charge in [0, 0.05) is 18.2 Å². The minimum absolute atomic E-state index is 0.0744. The molecule has 0 radical (unpaired) electrons. The Hall–Kier alpha value is -2.38. The number of aromatic nitrogens is 2. The van der Waals surface area contributed by atoms with Crippen LogP contribution in [-0.2, 0) is 14.8 Å². The molecule has 0 saturated carbocycles. The van der Waals surface area contributed by atoms with Crippen LogP contribution in [-0.4, -0.2) is 37.7 Å². The molecule has 0 atom stereocenters. The molecule has 0 bridgehead atoms. The van der Waals surface area contributed by atoms with E-state index in [1.165, 1.54) is 7.11 Å². The zero-order valence-electron chi connectivity index (χ0n) is 12.6. The number of methoxy groups -OCH3 is 1. The smallest absolute Gasteiger partial charge is 0.234 e. The highest BCUT2D eigenvalue weighted by Gasteiger charge is 2.10. The first kappa shape index (κ1) is 15.5. The normalized spacial score (nSPS) is 11.7. The van der Waals surface area contributed by atoms with Gasteiger partial charge in [0.2, 0.25) is 10.0 Å². The maximum atomic E-state index is 11.8. The number of nitrogens with zero attached hydrogens (tertiary/aromatic N) is 2. The Bertz CT molecular complexity index is 902. The van der Waals surface area contributed by atoms with Crippen LogP contribution in [0.25, 0.3) is 16.6 Å². The molecule has 1 aromatic heterocycles. The van der Waals surface area contributed by atoms with E-state index in [-0.39, 0.29) is 12.4 Å². The van der Waals surface area contributed by atoms with E-state index in [1.807, 2.05) is 41.1 Å². The lowest BCUT2D eigenvalue weighted by molar-refractivity contribution is 0.217. The second-order valence-corrected chi connectivity index (χ2v) is 6.92. The molecule has 1 heterocycles. The van der Waals surface area contributed by atoms with Gasteiger partial charge in [0.05, 0.1) is 29.8 Å². The molecule has 120 valence electrons. The number of hydrogen-bond acceptors (Lipinski definition) is 4. The van der Waals surface area contributed by atoms with Gasteiger partial charge in [0.15, 0.2) is 0 Å². The number of anilines is 1. The van der Waals surface area contributed by atoms with E-state index in [2.05, 4.69) is 9.82 Å². The summed E-state index contributed by atoms with van der Waals surface area (Å²) < 4.78 is 32.8. The summed E-state index contributed by atoms with van der Waals surface area (Å²) >= 11 is 0. The van der Waals surface area contributed by atoms with E-state index >= 15 is 0 Å². The first-order valence-electron chi connectivity index (χ1n) is 7.12. The van der Waals surface area contributed by atoms with Gasteiger partial charge in [-0.25, -0.2) is 13.1 Å². The summed E-state index contributed by atoms with van der Waals surface area (Å²) in [6.07, 6.45) is 1.80. The van der Waals surface area contributed by atoms with Crippen molar-refractivity contribution in [3.8, 4) is 5.69 Å². The minimum Gasteiger partial charge on any atom is -0.384 e. The highest BCUT2D eigenvalue weighted by molar-refractivity contribution is 7.92. The first-order chi connectivity index (χ1) is 11.1. The standard InChI is InChI=1S/C16H17N3O3S/c1-22-10-11-23(20,21)18-14-6-8-15(9-7-14)19-16-5-3-2-4-13(16)12-17-19/h2-9,12,18H,10-11H2,1H3. The van der Waals surface area contributed by atoms with E-state index in [0.717, 1.165) is 16.6 Å². The number of para-hydroxylation sites is 1. The van der Waals surface area contributed by atoms with Gasteiger partial charge in [-0.3, -0.25) is 4.72 Å². The lowest BCUT2D eigenvalue weighted by Gasteiger charge is -2.09. The van der Waals surface area contributed by atoms with Crippen molar-refractivity contribution < 1.29 is 13.2 Å². The van der Waals surface area contributed by atoms with Gasteiger partial charge in [-0.15, -0.1) is 0 Å². The van der Waals surface area contributed by atoms with Crippen LogP contribution in [0.2, 0.25) is 0 Å². The molecule has 1 N–H and O–H groups in total. The minimum atomic E-state index is -3.40. The quantitative estimate of drug-likeness (QED) is 0.753. The molecular formula is C16H17N3O3S. The Morgan fingerprint density at radius 1 is 1.13 bits per heavy atom. The third-order valence-corrected chi connectivity index (χ3v) is 4.67. The van der Waals surface area contributed by atoms with Crippen LogP contribution in [0.15, 0.2) is 54.7 Å². The Kier molecular flexibility index (Phi) is 4.31. The van der Waals surface area contributed by atoms with Crippen molar-refractivity contribution in [1.82, 2.24) is 9.78 Å². The predicted octanol–water partition coefficient (Wildman–Crippen LogP) is 2.41. The van der Waals surface area contributed by atoms with Crippen LogP contribution in [0.1, 0.15) is 0 Å². The zero-order chi connectivity index (χ0) is 16.3. The number of sulfonamides is 1. The number of nitrogens with one attached hydrogen (secondary N) is 1. The summed E-state index contributed by atoms with van der Waals surface area (Å²) in [5, 5.41) is 5.42. The van der Waals surface area contributed by atoms with Crippen molar-refractivity contribution >= 4 is 26.6 Å². The zero-order valence-corrected chi connectivity index (χ0v) is 13.5. The predicted molar refractivity (Wildman–Crippen MR) is 90.4 cm³/mol. The molecule has 0 saturated heterocycles. The van der Waals surface area contributed by atoms with E-state index in [0.29, 0.717) is 5.69 Å². The van der Waals surface area contributed by atoms with E-state index in [4.69, 9.17) is 4.74 Å². The van der Waals surface area contributed by atoms with Crippen LogP contribution in [0.4, 0.5) is 5.69 Å². The van der Waals surface area contributed by atoms with Gasteiger partial charge in [0.25, 0.3) is 0 Å². The molecule has 3 aromatic rings. The molecule has 0 amide bonds. The summed E-state index contributed by atoms with van der Waals surface area (Å²) in [5.41, 5.74) is 2.38. The number of rotatable bonds is 6. The molecule has 0 unspecified atom stereocenters. The van der Waals surface area contributed by atoms with Gasteiger partial charge in [-0.1, -0.05) is 18.2 Å². The molecule has 3 rings (SSSR count). The molecule has 0 aliphatic rings. The molecule has 7 heteroatoms. The Morgan fingerprint density at radius 3 is 2.61 bits per heavy atom. The summed E-state index contributed by atoms with van der Waals surface area (Å²) in [7, 11) is -1.92. The number of ether oxygens (including phenoxy) is 1. The van der Waals surface area contributed by atoms with E-state index < -0.39 is 10.0 Å². The number of hydrogen-bond donors (Lipinski definition) is 1. The Morgan fingerprint density at radius 2 is 1.87 bits per heavy atom. The van der Waals surface area contributed by atoms with Gasteiger partial charge in [-0.2, -0.15) is 5.10 Å². The Labute approximate surface area is 134 Å². The van der Waals surface area contributed by atoms with Crippen molar-refractivity contribution in [3.63, 3.8) is 0 Å². The molecular weight excluding hydrogens is 314 g/mol. The lowest BCUT2D eigenvalue weighted by Crippen LogP contribution is -2.19. The number of fused-ring (bicyclic) bond motifs is 1. The highest BCUT2D eigenvalue weighted by Crippen LogP contribution is 2.19. The van der Waals surface area contributed by atoms with Gasteiger partial charge in [0.1, 0.15) is 0 Å². The van der Waals surface area contributed by atoms with Crippen molar-refractivity contribution in [2.75, 3.05) is 24.2 Å². The highest BCUT2D eigenvalue weighted by atomic mass is 32.2. The lowest BCUT2D eigenvalue weighted by atomic mass is 10.2. The van der Waals surface area contributed by atoms with E-state index in [9.17, 15) is 8.42 Å². The second-order valence-electron chi connectivity index (χ2n) is 5.08. The van der Waals surface area contributed by atoms with Crippen molar-refractivity contribution in [3.05, 3.63) is 54.7 Å². The third kappa shape index (κ3) is 3.52. The van der Waals surface area contributed by atoms with Crippen molar-refractivity contribution in [2.24, 2.45) is 0 Å². The second kappa shape index (κ2) is 6.39. The molecule has 0 spiro atoms. The summed E-state index contributed by atoms with van der Waals surface area (Å²) in [4.78, 5) is 0. The van der Waals surface area contributed by atoms with Gasteiger partial charge >= 0.3 is 0 Å². The molecule has 2 aromatic carbocycles. The third-order valence-electron chi connectivity index (χ3n) is 3.42. The summed E-state index contributed by atoms with van der Waals surface area (Å²) in [5.74, 6) is -0.0744. The maximum absolute atomic E-state index is 11.8. The van der Waals surface area contributed by atoms with Crippen LogP contribution in [0, 0.1) is 0 Å². The van der Waals surface area contributed by atoms with Gasteiger partial charge < -0.3 is 4.74 Å². The summed E-state index contributed by atoms with van der Waals surface area (Å²) in [6.45, 7) is 0.159. The fourth-order valence-electron chi connectivity index (χ4n) is 2.27. The first-order valence-corrected chi connectivity index (χ1v) is 8.77. The molecule has 6 nitrogen and oxygen atoms in total. The average molecular weight is 331 g/mol. The van der Waals surface area contributed by atoms with Crippen molar-refractivity contribution in [2.45, 2.75) is 0 Å². The number of benzene rings is 2. The van der Waals surface area contributed by atoms with Crippen LogP contribution >= 0.6 is 0 Å². The fourth-order valence-corrected chi connectivity index (χ4v) is 3.26. The maximum Gasteiger partial charge on any atom is 0.234 e.